The van der Waals surface area contributed by atoms with E-state index in [0.29, 0.717) is 12.5 Å². The van der Waals surface area contributed by atoms with Crippen LogP contribution in [0.1, 0.15) is 12.5 Å². The average Bonchev–Trinajstić information content (AvgIpc) is 2.26. The fourth-order valence-electron chi connectivity index (χ4n) is 1.07. The quantitative estimate of drug-likeness (QED) is 0.784. The van der Waals surface area contributed by atoms with E-state index in [9.17, 15) is 0 Å². The van der Waals surface area contributed by atoms with Gasteiger partial charge >= 0.3 is 0 Å². The maximum absolute atomic E-state index is 8.90. The SMILES string of the molecule is CC(CO)CSc1ccc(CN)cc1Cl. The summed E-state index contributed by atoms with van der Waals surface area (Å²) >= 11 is 7.76. The highest BCUT2D eigenvalue weighted by Gasteiger charge is 2.05. The predicted molar refractivity (Wildman–Crippen MR) is 66.3 cm³/mol. The van der Waals surface area contributed by atoms with E-state index in [1.165, 1.54) is 0 Å². The Labute approximate surface area is 99.8 Å². The van der Waals surface area contributed by atoms with Crippen LogP contribution in [0.5, 0.6) is 0 Å². The van der Waals surface area contributed by atoms with Crippen LogP contribution in [-0.4, -0.2) is 17.5 Å². The number of hydrogen-bond acceptors (Lipinski definition) is 3. The summed E-state index contributed by atoms with van der Waals surface area (Å²) in [5.74, 6) is 1.17. The van der Waals surface area contributed by atoms with Crippen molar-refractivity contribution in [3.05, 3.63) is 28.8 Å². The molecular weight excluding hydrogens is 230 g/mol. The molecule has 0 saturated heterocycles. The molecule has 0 amide bonds. The molecule has 84 valence electrons. The summed E-state index contributed by atoms with van der Waals surface area (Å²) in [6, 6.07) is 5.87. The molecule has 0 heterocycles. The summed E-state index contributed by atoms with van der Waals surface area (Å²) < 4.78 is 0. The summed E-state index contributed by atoms with van der Waals surface area (Å²) in [6.07, 6.45) is 0. The van der Waals surface area contributed by atoms with E-state index in [1.807, 2.05) is 25.1 Å². The molecule has 1 rings (SSSR count). The smallest absolute Gasteiger partial charge is 0.0545 e. The van der Waals surface area contributed by atoms with Crippen molar-refractivity contribution in [2.45, 2.75) is 18.4 Å². The van der Waals surface area contributed by atoms with Gasteiger partial charge in [-0.1, -0.05) is 24.6 Å². The maximum Gasteiger partial charge on any atom is 0.0545 e. The third-order valence-corrected chi connectivity index (χ3v) is 3.89. The normalized spacial score (nSPS) is 12.8. The molecule has 0 fully saturated rings. The van der Waals surface area contributed by atoms with Crippen molar-refractivity contribution in [3.63, 3.8) is 0 Å². The van der Waals surface area contributed by atoms with Gasteiger partial charge in [0.2, 0.25) is 0 Å². The van der Waals surface area contributed by atoms with Crippen LogP contribution in [0, 0.1) is 5.92 Å². The summed E-state index contributed by atoms with van der Waals surface area (Å²) in [6.45, 7) is 2.73. The van der Waals surface area contributed by atoms with E-state index < -0.39 is 0 Å². The molecule has 0 aromatic heterocycles. The Morgan fingerprint density at radius 2 is 2.27 bits per heavy atom. The van der Waals surface area contributed by atoms with E-state index in [0.717, 1.165) is 21.2 Å². The van der Waals surface area contributed by atoms with Gasteiger partial charge in [0.1, 0.15) is 0 Å². The minimum absolute atomic E-state index is 0.214. The molecule has 0 aliphatic heterocycles. The monoisotopic (exact) mass is 245 g/mol. The van der Waals surface area contributed by atoms with E-state index in [2.05, 4.69) is 0 Å². The average molecular weight is 246 g/mol. The van der Waals surface area contributed by atoms with Crippen molar-refractivity contribution in [3.8, 4) is 0 Å². The van der Waals surface area contributed by atoms with Crippen LogP contribution in [0.4, 0.5) is 0 Å². The lowest BCUT2D eigenvalue weighted by Gasteiger charge is -2.09. The van der Waals surface area contributed by atoms with Crippen molar-refractivity contribution in [1.29, 1.82) is 0 Å². The van der Waals surface area contributed by atoms with E-state index in [1.54, 1.807) is 11.8 Å². The third kappa shape index (κ3) is 4.03. The first kappa shape index (κ1) is 12.8. The molecule has 1 aromatic carbocycles. The lowest BCUT2D eigenvalue weighted by Crippen LogP contribution is -2.03. The zero-order valence-corrected chi connectivity index (χ0v) is 10.3. The van der Waals surface area contributed by atoms with E-state index in [4.69, 9.17) is 22.4 Å². The van der Waals surface area contributed by atoms with Gasteiger partial charge in [0, 0.05) is 23.8 Å². The fraction of sp³-hybridized carbons (Fsp3) is 0.455. The summed E-state index contributed by atoms with van der Waals surface area (Å²) in [5.41, 5.74) is 6.56. The maximum atomic E-state index is 8.90. The van der Waals surface area contributed by atoms with Gasteiger partial charge in [-0.3, -0.25) is 0 Å². The number of benzene rings is 1. The van der Waals surface area contributed by atoms with Gasteiger partial charge in [0.15, 0.2) is 0 Å². The number of halogens is 1. The van der Waals surface area contributed by atoms with Crippen molar-refractivity contribution in [2.24, 2.45) is 11.7 Å². The van der Waals surface area contributed by atoms with Crippen LogP contribution < -0.4 is 5.73 Å². The second-order valence-electron chi connectivity index (χ2n) is 3.57. The molecule has 1 atom stereocenters. The van der Waals surface area contributed by atoms with Gasteiger partial charge in [-0.15, -0.1) is 11.8 Å². The summed E-state index contributed by atoms with van der Waals surface area (Å²) in [7, 11) is 0. The molecule has 0 aliphatic rings. The summed E-state index contributed by atoms with van der Waals surface area (Å²) in [4.78, 5) is 1.05. The van der Waals surface area contributed by atoms with Crippen molar-refractivity contribution in [2.75, 3.05) is 12.4 Å². The first-order valence-corrected chi connectivity index (χ1v) is 6.26. The zero-order chi connectivity index (χ0) is 11.3. The van der Waals surface area contributed by atoms with Crippen molar-refractivity contribution in [1.82, 2.24) is 0 Å². The molecule has 2 nitrogen and oxygen atoms in total. The van der Waals surface area contributed by atoms with Gasteiger partial charge < -0.3 is 10.8 Å². The van der Waals surface area contributed by atoms with Crippen molar-refractivity contribution < 1.29 is 5.11 Å². The highest BCUT2D eigenvalue weighted by Crippen LogP contribution is 2.29. The van der Waals surface area contributed by atoms with E-state index in [-0.39, 0.29) is 6.61 Å². The Kier molecular flexibility index (Phi) is 5.47. The molecule has 1 unspecified atom stereocenters. The molecule has 0 spiro atoms. The minimum atomic E-state index is 0.214. The zero-order valence-electron chi connectivity index (χ0n) is 8.74. The number of aliphatic hydroxyl groups is 1. The molecule has 0 bridgehead atoms. The summed E-state index contributed by atoms with van der Waals surface area (Å²) in [5, 5.41) is 9.65. The molecule has 15 heavy (non-hydrogen) atoms. The first-order valence-electron chi connectivity index (χ1n) is 4.89. The Bertz CT molecular complexity index is 319. The topological polar surface area (TPSA) is 46.2 Å². The van der Waals surface area contributed by atoms with Crippen LogP contribution in [0.15, 0.2) is 23.1 Å². The molecule has 3 N–H and O–H groups in total. The number of thioether (sulfide) groups is 1. The Balaban J connectivity index is 2.62. The van der Waals surface area contributed by atoms with Gasteiger partial charge in [0.25, 0.3) is 0 Å². The van der Waals surface area contributed by atoms with Gasteiger partial charge in [-0.25, -0.2) is 0 Å². The van der Waals surface area contributed by atoms with Crippen LogP contribution in [-0.2, 0) is 6.54 Å². The standard InChI is InChI=1S/C11H16ClNOS/c1-8(6-14)7-15-11-3-2-9(5-13)4-10(11)12/h2-4,8,14H,5-7,13H2,1H3. The van der Waals surface area contributed by atoms with Gasteiger partial charge in [0.05, 0.1) is 5.02 Å². The Morgan fingerprint density at radius 1 is 1.53 bits per heavy atom. The molecule has 0 aliphatic carbocycles. The van der Waals surface area contributed by atoms with E-state index >= 15 is 0 Å². The fourth-order valence-corrected chi connectivity index (χ4v) is 2.37. The number of nitrogens with two attached hydrogens (primary N) is 1. The van der Waals surface area contributed by atoms with Crippen molar-refractivity contribution >= 4 is 23.4 Å². The Morgan fingerprint density at radius 3 is 2.80 bits per heavy atom. The number of hydrogen-bond donors (Lipinski definition) is 2. The lowest BCUT2D eigenvalue weighted by molar-refractivity contribution is 0.250. The number of rotatable bonds is 5. The third-order valence-electron chi connectivity index (χ3n) is 2.07. The minimum Gasteiger partial charge on any atom is -0.396 e. The van der Waals surface area contributed by atoms with Crippen LogP contribution in [0.25, 0.3) is 0 Å². The lowest BCUT2D eigenvalue weighted by atomic mass is 10.2. The molecular formula is C11H16ClNOS. The predicted octanol–water partition coefficient (Wildman–Crippen LogP) is 2.52. The first-order chi connectivity index (χ1) is 7.17. The van der Waals surface area contributed by atoms with Crippen LogP contribution >= 0.6 is 23.4 Å². The van der Waals surface area contributed by atoms with Crippen LogP contribution in [0.2, 0.25) is 5.02 Å². The second-order valence-corrected chi connectivity index (χ2v) is 5.04. The Hall–Kier alpha value is -0.220. The van der Waals surface area contributed by atoms with Gasteiger partial charge in [-0.05, 0) is 23.6 Å². The number of aliphatic hydroxyl groups excluding tert-OH is 1. The molecule has 0 radical (unpaired) electrons. The van der Waals surface area contributed by atoms with Crippen LogP contribution in [0.3, 0.4) is 0 Å². The highest BCUT2D eigenvalue weighted by molar-refractivity contribution is 7.99. The largest absolute Gasteiger partial charge is 0.396 e. The second kappa shape index (κ2) is 6.38. The highest BCUT2D eigenvalue weighted by atomic mass is 35.5. The molecule has 4 heteroatoms. The van der Waals surface area contributed by atoms with Gasteiger partial charge in [-0.2, -0.15) is 0 Å². The molecule has 0 saturated carbocycles. The molecule has 1 aromatic rings.